The summed E-state index contributed by atoms with van der Waals surface area (Å²) in [6.07, 6.45) is 0. The van der Waals surface area contributed by atoms with Crippen LogP contribution in [0.4, 0.5) is 0 Å². The molecule has 94 valence electrons. The Balaban J connectivity index is 2.10. The van der Waals surface area contributed by atoms with Gasteiger partial charge in [-0.05, 0) is 29.0 Å². The van der Waals surface area contributed by atoms with Crippen molar-refractivity contribution >= 4 is 63.7 Å². The number of benzene rings is 3. The van der Waals surface area contributed by atoms with Crippen LogP contribution in [0.2, 0.25) is 0 Å². The van der Waals surface area contributed by atoms with E-state index >= 15 is 0 Å². The molecule has 2 heterocycles. The molecule has 2 heteroatoms. The van der Waals surface area contributed by atoms with Crippen molar-refractivity contribution in [3.05, 3.63) is 60.0 Å². The van der Waals surface area contributed by atoms with E-state index in [0.29, 0.717) is 0 Å². The van der Waals surface area contributed by atoms with Crippen LogP contribution in [-0.2, 0) is 0 Å². The van der Waals surface area contributed by atoms with Crippen LogP contribution in [0.15, 0.2) is 60.0 Å². The third-order valence-corrected chi connectivity index (χ3v) is 6.07. The van der Waals surface area contributed by atoms with Gasteiger partial charge in [0.1, 0.15) is 0 Å². The standard InChI is InChI=1S/C18H10S2/c1-2-4-17-12(3-1)15-6-5-11-13-9-10-19-16(13)8-7-14(11)18(15)20-17/h1-10H. The first kappa shape index (κ1) is 10.8. The predicted molar refractivity (Wildman–Crippen MR) is 92.2 cm³/mol. The summed E-state index contributed by atoms with van der Waals surface area (Å²) in [5.41, 5.74) is 0. The van der Waals surface area contributed by atoms with Gasteiger partial charge in [-0.1, -0.05) is 36.4 Å². The second kappa shape index (κ2) is 3.81. The fourth-order valence-electron chi connectivity index (χ4n) is 3.04. The third-order valence-electron chi connectivity index (χ3n) is 3.97. The SMILES string of the molecule is c1ccc2c(c1)sc1c2ccc2c3ccsc3ccc21. The zero-order chi connectivity index (χ0) is 13.1. The van der Waals surface area contributed by atoms with Crippen LogP contribution < -0.4 is 0 Å². The lowest BCUT2D eigenvalue weighted by Gasteiger charge is -2.01. The van der Waals surface area contributed by atoms with Gasteiger partial charge in [-0.3, -0.25) is 0 Å². The van der Waals surface area contributed by atoms with Crippen LogP contribution in [0.3, 0.4) is 0 Å². The van der Waals surface area contributed by atoms with Crippen molar-refractivity contribution in [3.63, 3.8) is 0 Å². The van der Waals surface area contributed by atoms with Crippen LogP contribution in [0.25, 0.3) is 41.0 Å². The molecule has 0 nitrogen and oxygen atoms in total. The molecule has 5 aromatic rings. The first-order valence-corrected chi connectivity index (χ1v) is 8.31. The highest BCUT2D eigenvalue weighted by molar-refractivity contribution is 7.26. The molecule has 0 aliphatic heterocycles. The highest BCUT2D eigenvalue weighted by Crippen LogP contribution is 2.40. The minimum absolute atomic E-state index is 1.37. The van der Waals surface area contributed by atoms with Gasteiger partial charge < -0.3 is 0 Å². The molecule has 0 bridgehead atoms. The van der Waals surface area contributed by atoms with Gasteiger partial charge in [-0.25, -0.2) is 0 Å². The summed E-state index contributed by atoms with van der Waals surface area (Å²) in [4.78, 5) is 0. The van der Waals surface area contributed by atoms with E-state index in [2.05, 4.69) is 60.0 Å². The number of hydrogen-bond acceptors (Lipinski definition) is 2. The molecule has 0 aliphatic carbocycles. The molecule has 0 radical (unpaired) electrons. The monoisotopic (exact) mass is 290 g/mol. The Kier molecular flexibility index (Phi) is 2.07. The lowest BCUT2D eigenvalue weighted by molar-refractivity contribution is 1.86. The summed E-state index contributed by atoms with van der Waals surface area (Å²) in [6.45, 7) is 0. The summed E-state index contributed by atoms with van der Waals surface area (Å²) in [5.74, 6) is 0. The van der Waals surface area contributed by atoms with Gasteiger partial charge >= 0.3 is 0 Å². The van der Waals surface area contributed by atoms with Crippen molar-refractivity contribution < 1.29 is 0 Å². The Morgan fingerprint density at radius 1 is 0.550 bits per heavy atom. The molecule has 20 heavy (non-hydrogen) atoms. The highest BCUT2D eigenvalue weighted by Gasteiger charge is 2.09. The van der Waals surface area contributed by atoms with E-state index in [9.17, 15) is 0 Å². The summed E-state index contributed by atoms with van der Waals surface area (Å²) < 4.78 is 4.16. The summed E-state index contributed by atoms with van der Waals surface area (Å²) in [7, 11) is 0. The molecule has 0 unspecified atom stereocenters. The second-order valence-electron chi connectivity index (χ2n) is 5.03. The molecule has 0 spiro atoms. The Morgan fingerprint density at radius 2 is 1.30 bits per heavy atom. The topological polar surface area (TPSA) is 0 Å². The van der Waals surface area contributed by atoms with Crippen molar-refractivity contribution in [2.75, 3.05) is 0 Å². The number of hydrogen-bond donors (Lipinski definition) is 0. The number of thiophene rings is 2. The number of rotatable bonds is 0. The fraction of sp³-hybridized carbons (Fsp3) is 0. The van der Waals surface area contributed by atoms with Gasteiger partial charge in [0.25, 0.3) is 0 Å². The summed E-state index contributed by atoms with van der Waals surface area (Å²) in [6, 6.07) is 20.0. The van der Waals surface area contributed by atoms with Gasteiger partial charge in [-0.15, -0.1) is 22.7 Å². The van der Waals surface area contributed by atoms with Crippen LogP contribution in [0.5, 0.6) is 0 Å². The van der Waals surface area contributed by atoms with Crippen LogP contribution in [-0.4, -0.2) is 0 Å². The first-order valence-electron chi connectivity index (χ1n) is 6.62. The third kappa shape index (κ3) is 1.30. The molecule has 0 N–H and O–H groups in total. The van der Waals surface area contributed by atoms with Crippen molar-refractivity contribution in [1.82, 2.24) is 0 Å². The quantitative estimate of drug-likeness (QED) is 0.308. The molecular formula is C18H10S2. The molecule has 0 fully saturated rings. The molecule has 0 saturated heterocycles. The summed E-state index contributed by atoms with van der Waals surface area (Å²) in [5, 5.41) is 9.08. The maximum absolute atomic E-state index is 2.29. The maximum atomic E-state index is 2.29. The predicted octanol–water partition coefficient (Wildman–Crippen LogP) is 6.42. The molecule has 0 atom stereocenters. The minimum atomic E-state index is 1.37. The van der Waals surface area contributed by atoms with Gasteiger partial charge in [-0.2, -0.15) is 0 Å². The molecule has 3 aromatic carbocycles. The number of fused-ring (bicyclic) bond motifs is 7. The first-order chi connectivity index (χ1) is 9.92. The maximum Gasteiger partial charge on any atom is 0.0434 e. The van der Waals surface area contributed by atoms with Crippen molar-refractivity contribution in [1.29, 1.82) is 0 Å². The molecule has 0 saturated carbocycles. The van der Waals surface area contributed by atoms with Crippen LogP contribution >= 0.6 is 22.7 Å². The Hall–Kier alpha value is -1.90. The van der Waals surface area contributed by atoms with E-state index in [1.165, 1.54) is 41.0 Å². The Labute approximate surface area is 123 Å². The van der Waals surface area contributed by atoms with Crippen molar-refractivity contribution in [2.45, 2.75) is 0 Å². The van der Waals surface area contributed by atoms with Crippen molar-refractivity contribution in [3.8, 4) is 0 Å². The smallest absolute Gasteiger partial charge is 0.0434 e. The van der Waals surface area contributed by atoms with Gasteiger partial charge in [0.15, 0.2) is 0 Å². The van der Waals surface area contributed by atoms with E-state index in [1.54, 1.807) is 0 Å². The van der Waals surface area contributed by atoms with Crippen molar-refractivity contribution in [2.24, 2.45) is 0 Å². The Morgan fingerprint density at radius 3 is 2.30 bits per heavy atom. The molecule has 0 aliphatic rings. The van der Waals surface area contributed by atoms with E-state index in [4.69, 9.17) is 0 Å². The second-order valence-corrected chi connectivity index (χ2v) is 7.03. The van der Waals surface area contributed by atoms with Gasteiger partial charge in [0.2, 0.25) is 0 Å². The van der Waals surface area contributed by atoms with E-state index < -0.39 is 0 Å². The zero-order valence-corrected chi connectivity index (χ0v) is 12.2. The average Bonchev–Trinajstić information content (AvgIpc) is 3.11. The minimum Gasteiger partial charge on any atom is -0.144 e. The molecule has 2 aromatic heterocycles. The zero-order valence-electron chi connectivity index (χ0n) is 10.6. The van der Waals surface area contributed by atoms with Gasteiger partial charge in [0.05, 0.1) is 0 Å². The molecule has 5 rings (SSSR count). The molecule has 0 amide bonds. The lowest BCUT2D eigenvalue weighted by atomic mass is 10.0. The van der Waals surface area contributed by atoms with Crippen LogP contribution in [0.1, 0.15) is 0 Å². The average molecular weight is 290 g/mol. The van der Waals surface area contributed by atoms with E-state index in [1.807, 2.05) is 22.7 Å². The lowest BCUT2D eigenvalue weighted by Crippen LogP contribution is -1.74. The normalized spacial score (nSPS) is 12.0. The van der Waals surface area contributed by atoms with Gasteiger partial charge in [0, 0.05) is 35.6 Å². The highest BCUT2D eigenvalue weighted by atomic mass is 32.1. The molecular weight excluding hydrogens is 280 g/mol. The largest absolute Gasteiger partial charge is 0.144 e. The summed E-state index contributed by atoms with van der Waals surface area (Å²) >= 11 is 3.72. The fourth-order valence-corrected chi connectivity index (χ4v) is 5.07. The van der Waals surface area contributed by atoms with E-state index in [0.717, 1.165) is 0 Å². The Bertz CT molecular complexity index is 1100. The van der Waals surface area contributed by atoms with Crippen LogP contribution in [0, 0.1) is 0 Å². The van der Waals surface area contributed by atoms with E-state index in [-0.39, 0.29) is 0 Å².